The topological polar surface area (TPSA) is 86.8 Å². The average molecular weight is 667 g/mol. The molecule has 0 bridgehead atoms. The lowest BCUT2D eigenvalue weighted by molar-refractivity contribution is -0.140. The van der Waals surface area contributed by atoms with Gasteiger partial charge in [0.15, 0.2) is 0 Å². The molecule has 1 N–H and O–H groups in total. The van der Waals surface area contributed by atoms with E-state index < -0.39 is 28.5 Å². The number of aryl methyl sites for hydroxylation is 2. The van der Waals surface area contributed by atoms with E-state index >= 15 is 0 Å². The lowest BCUT2D eigenvalue weighted by Crippen LogP contribution is -2.53. The van der Waals surface area contributed by atoms with Gasteiger partial charge < -0.3 is 10.2 Å². The Morgan fingerprint density at radius 1 is 0.800 bits per heavy atom. The first-order valence-corrected chi connectivity index (χ1v) is 16.9. The summed E-state index contributed by atoms with van der Waals surface area (Å²) in [4.78, 5) is 29.8. The number of carbonyl (C=O) groups is 2. The molecule has 0 saturated heterocycles. The summed E-state index contributed by atoms with van der Waals surface area (Å²) in [5.41, 5.74) is 3.54. The molecular weight excluding hydrogens is 629 g/mol. The number of hydrogen-bond acceptors (Lipinski definition) is 4. The van der Waals surface area contributed by atoms with E-state index in [0.29, 0.717) is 34.3 Å². The molecule has 0 radical (unpaired) electrons. The van der Waals surface area contributed by atoms with E-state index in [9.17, 15) is 18.0 Å². The summed E-state index contributed by atoms with van der Waals surface area (Å²) in [6.07, 6.45) is 0.929. The Kier molecular flexibility index (Phi) is 11.7. The highest BCUT2D eigenvalue weighted by Gasteiger charge is 2.34. The maximum Gasteiger partial charge on any atom is 0.264 e. The third-order valence-corrected chi connectivity index (χ3v) is 9.79. The maximum absolute atomic E-state index is 14.5. The van der Waals surface area contributed by atoms with Gasteiger partial charge in [-0.1, -0.05) is 90.8 Å². The average Bonchev–Trinajstić information content (AvgIpc) is 3.02. The van der Waals surface area contributed by atoms with Crippen molar-refractivity contribution < 1.29 is 18.0 Å². The van der Waals surface area contributed by atoms with E-state index in [1.807, 2.05) is 57.2 Å². The number of sulfonamides is 1. The van der Waals surface area contributed by atoms with Crippen molar-refractivity contribution >= 4 is 50.7 Å². The van der Waals surface area contributed by atoms with Crippen molar-refractivity contribution in [1.82, 2.24) is 10.2 Å². The number of anilines is 1. The number of nitrogens with one attached hydrogen (secondary N) is 1. The van der Waals surface area contributed by atoms with Crippen molar-refractivity contribution in [2.24, 2.45) is 0 Å². The van der Waals surface area contributed by atoms with Gasteiger partial charge in [-0.2, -0.15) is 0 Å². The third-order valence-electron chi connectivity index (χ3n) is 7.26. The monoisotopic (exact) mass is 665 g/mol. The second kappa shape index (κ2) is 15.4. The number of rotatable bonds is 13. The van der Waals surface area contributed by atoms with Crippen LogP contribution < -0.4 is 9.62 Å². The van der Waals surface area contributed by atoms with E-state index in [4.69, 9.17) is 23.2 Å². The zero-order valence-electron chi connectivity index (χ0n) is 25.5. The van der Waals surface area contributed by atoms with Gasteiger partial charge in [0.05, 0.1) is 20.6 Å². The van der Waals surface area contributed by atoms with Crippen LogP contribution in [0.15, 0.2) is 102 Å². The highest BCUT2D eigenvalue weighted by Crippen LogP contribution is 2.28. The molecule has 0 aliphatic heterocycles. The van der Waals surface area contributed by atoms with Crippen LogP contribution >= 0.6 is 23.2 Å². The lowest BCUT2D eigenvalue weighted by atomic mass is 10.0. The number of benzene rings is 4. The zero-order valence-corrected chi connectivity index (χ0v) is 27.9. The van der Waals surface area contributed by atoms with E-state index in [1.165, 1.54) is 17.0 Å². The predicted molar refractivity (Wildman–Crippen MR) is 181 cm³/mol. The quantitative estimate of drug-likeness (QED) is 0.167. The third kappa shape index (κ3) is 8.87. The molecule has 0 unspecified atom stereocenters. The zero-order chi connectivity index (χ0) is 32.6. The van der Waals surface area contributed by atoms with Crippen LogP contribution in [0.3, 0.4) is 0 Å². The number of hydrogen-bond donors (Lipinski definition) is 1. The van der Waals surface area contributed by atoms with Crippen molar-refractivity contribution in [3.63, 3.8) is 0 Å². The minimum atomic E-state index is -4.17. The standard InChI is InChI=1S/C35H37Cl2N3O4S/c1-4-17-38-35(42)33(22-27-11-7-5-8-12-27)39(23-28-15-16-31(36)32(37)21-28)34(41)24-40(29-19-25(2)18-26(3)20-29)45(43,44)30-13-9-6-10-14-30/h5-16,18-21,33H,4,17,22-24H2,1-3H3,(H,38,42)/t33-/m0/s1. The minimum absolute atomic E-state index is 0.00115. The Morgan fingerprint density at radius 3 is 2.02 bits per heavy atom. The van der Waals surface area contributed by atoms with Crippen molar-refractivity contribution in [3.8, 4) is 0 Å². The molecule has 0 aromatic heterocycles. The molecule has 236 valence electrons. The van der Waals surface area contributed by atoms with Crippen LogP contribution in [-0.2, 0) is 32.6 Å². The molecule has 7 nitrogen and oxygen atoms in total. The van der Waals surface area contributed by atoms with Gasteiger partial charge in [-0.3, -0.25) is 13.9 Å². The molecular formula is C35H37Cl2N3O4S. The first kappa shape index (κ1) is 34.0. The first-order chi connectivity index (χ1) is 21.5. The van der Waals surface area contributed by atoms with Gasteiger partial charge >= 0.3 is 0 Å². The number of carbonyl (C=O) groups excluding carboxylic acids is 2. The van der Waals surface area contributed by atoms with Crippen LogP contribution in [-0.4, -0.2) is 44.3 Å². The van der Waals surface area contributed by atoms with Gasteiger partial charge in [0.1, 0.15) is 12.6 Å². The highest BCUT2D eigenvalue weighted by atomic mass is 35.5. The Morgan fingerprint density at radius 2 is 1.42 bits per heavy atom. The van der Waals surface area contributed by atoms with Gasteiger partial charge in [-0.25, -0.2) is 8.42 Å². The molecule has 2 amide bonds. The van der Waals surface area contributed by atoms with Crippen LogP contribution in [0.1, 0.15) is 35.6 Å². The molecule has 10 heteroatoms. The van der Waals surface area contributed by atoms with Gasteiger partial charge in [0.2, 0.25) is 11.8 Å². The van der Waals surface area contributed by atoms with Crippen LogP contribution in [0.2, 0.25) is 10.0 Å². The lowest BCUT2D eigenvalue weighted by Gasteiger charge is -2.34. The van der Waals surface area contributed by atoms with Gasteiger partial charge in [0, 0.05) is 19.5 Å². The molecule has 4 aromatic rings. The van der Waals surface area contributed by atoms with Gasteiger partial charge in [-0.05, 0) is 78.9 Å². The smallest absolute Gasteiger partial charge is 0.264 e. The second-order valence-corrected chi connectivity index (χ2v) is 13.6. The Hall–Kier alpha value is -3.85. The summed E-state index contributed by atoms with van der Waals surface area (Å²) >= 11 is 12.5. The largest absolute Gasteiger partial charge is 0.354 e. The summed E-state index contributed by atoms with van der Waals surface area (Å²) in [6.45, 7) is 5.58. The molecule has 0 heterocycles. The van der Waals surface area contributed by atoms with Crippen molar-refractivity contribution in [2.75, 3.05) is 17.4 Å². The highest BCUT2D eigenvalue weighted by molar-refractivity contribution is 7.92. The van der Waals surface area contributed by atoms with E-state index in [0.717, 1.165) is 21.0 Å². The molecule has 0 saturated carbocycles. The molecule has 0 aliphatic carbocycles. The fraction of sp³-hybridized carbons (Fsp3) is 0.257. The molecule has 45 heavy (non-hydrogen) atoms. The molecule has 0 spiro atoms. The minimum Gasteiger partial charge on any atom is -0.354 e. The summed E-state index contributed by atoms with van der Waals surface area (Å²) in [5.74, 6) is -0.884. The van der Waals surface area contributed by atoms with Crippen molar-refractivity contribution in [1.29, 1.82) is 0 Å². The number of nitrogens with zero attached hydrogens (tertiary/aromatic N) is 2. The fourth-order valence-corrected chi connectivity index (χ4v) is 6.84. The second-order valence-electron chi connectivity index (χ2n) is 10.9. The van der Waals surface area contributed by atoms with Gasteiger partial charge in [0.25, 0.3) is 10.0 Å². The van der Waals surface area contributed by atoms with Crippen molar-refractivity contribution in [2.45, 2.75) is 51.1 Å². The Balaban J connectivity index is 1.82. The fourth-order valence-electron chi connectivity index (χ4n) is 5.10. The van der Waals surface area contributed by atoms with E-state index in [2.05, 4.69) is 5.32 Å². The maximum atomic E-state index is 14.5. The summed E-state index contributed by atoms with van der Waals surface area (Å²) < 4.78 is 29.4. The van der Waals surface area contributed by atoms with Gasteiger partial charge in [-0.15, -0.1) is 0 Å². The van der Waals surface area contributed by atoms with E-state index in [-0.39, 0.29) is 23.8 Å². The van der Waals surface area contributed by atoms with Crippen molar-refractivity contribution in [3.05, 3.63) is 129 Å². The van der Waals surface area contributed by atoms with Crippen LogP contribution in [0.4, 0.5) is 5.69 Å². The molecule has 0 fully saturated rings. The summed E-state index contributed by atoms with van der Waals surface area (Å²) in [5, 5.41) is 3.60. The Labute approximate surface area is 275 Å². The van der Waals surface area contributed by atoms with Crippen LogP contribution in [0, 0.1) is 13.8 Å². The molecule has 4 aromatic carbocycles. The molecule has 0 aliphatic rings. The number of halogens is 2. The van der Waals surface area contributed by atoms with E-state index in [1.54, 1.807) is 48.5 Å². The normalized spacial score (nSPS) is 11.9. The summed E-state index contributed by atoms with van der Waals surface area (Å²) in [7, 11) is -4.17. The number of amides is 2. The molecule has 4 rings (SSSR count). The SMILES string of the molecule is CCCNC(=O)[C@H](Cc1ccccc1)N(Cc1ccc(Cl)c(Cl)c1)C(=O)CN(c1cc(C)cc(C)c1)S(=O)(=O)c1ccccc1. The summed E-state index contributed by atoms with van der Waals surface area (Å²) in [6, 6.07) is 26.9. The van der Waals surface area contributed by atoms with Crippen LogP contribution in [0.5, 0.6) is 0 Å². The van der Waals surface area contributed by atoms with Crippen LogP contribution in [0.25, 0.3) is 0 Å². The Bertz CT molecular complexity index is 1710. The molecule has 1 atom stereocenters. The predicted octanol–water partition coefficient (Wildman–Crippen LogP) is 6.97. The first-order valence-electron chi connectivity index (χ1n) is 14.7.